The second kappa shape index (κ2) is 7.55. The highest BCUT2D eigenvalue weighted by atomic mass is 32.1. The van der Waals surface area contributed by atoms with Gasteiger partial charge in [0, 0.05) is 19.6 Å². The van der Waals surface area contributed by atoms with Crippen molar-refractivity contribution < 1.29 is 0 Å². The average molecular weight is 218 g/mol. The number of rotatable bonds is 7. The van der Waals surface area contributed by atoms with Gasteiger partial charge in [-0.1, -0.05) is 13.8 Å². The van der Waals surface area contributed by atoms with Crippen LogP contribution in [0.2, 0.25) is 0 Å². The van der Waals surface area contributed by atoms with E-state index in [2.05, 4.69) is 57.4 Å². The summed E-state index contributed by atoms with van der Waals surface area (Å²) in [5.74, 6) is 2.43. The summed E-state index contributed by atoms with van der Waals surface area (Å²) in [5.41, 5.74) is 0. The number of thiol groups is 1. The van der Waals surface area contributed by atoms with Gasteiger partial charge in [-0.05, 0) is 38.7 Å². The van der Waals surface area contributed by atoms with Crippen LogP contribution >= 0.6 is 12.6 Å². The van der Waals surface area contributed by atoms with E-state index in [1.165, 1.54) is 0 Å². The molecule has 14 heavy (non-hydrogen) atoms. The van der Waals surface area contributed by atoms with Crippen LogP contribution in [0, 0.1) is 11.8 Å². The number of hydrogen-bond donors (Lipinski definition) is 1. The van der Waals surface area contributed by atoms with Crippen molar-refractivity contribution >= 4 is 12.6 Å². The summed E-state index contributed by atoms with van der Waals surface area (Å²) in [5, 5.41) is 0. The van der Waals surface area contributed by atoms with Crippen LogP contribution in [0.15, 0.2) is 0 Å². The van der Waals surface area contributed by atoms with Crippen LogP contribution in [0.3, 0.4) is 0 Å². The first-order valence-corrected chi connectivity index (χ1v) is 6.04. The number of nitrogens with zero attached hydrogens (tertiary/aromatic N) is 2. The molecule has 0 aliphatic rings. The van der Waals surface area contributed by atoms with E-state index in [0.717, 1.165) is 31.3 Å². The second-order valence-corrected chi connectivity index (χ2v) is 5.12. The van der Waals surface area contributed by atoms with Crippen LogP contribution < -0.4 is 0 Å². The highest BCUT2D eigenvalue weighted by molar-refractivity contribution is 7.80. The van der Waals surface area contributed by atoms with Gasteiger partial charge < -0.3 is 9.80 Å². The predicted octanol–water partition coefficient (Wildman–Crippen LogP) is 1.68. The molecule has 0 aromatic rings. The van der Waals surface area contributed by atoms with Gasteiger partial charge in [-0.25, -0.2) is 0 Å². The van der Waals surface area contributed by atoms with Crippen LogP contribution in [0.25, 0.3) is 0 Å². The summed E-state index contributed by atoms with van der Waals surface area (Å²) in [4.78, 5) is 4.63. The Morgan fingerprint density at radius 1 is 1.07 bits per heavy atom. The number of hydrogen-bond acceptors (Lipinski definition) is 3. The summed E-state index contributed by atoms with van der Waals surface area (Å²) < 4.78 is 0. The zero-order chi connectivity index (χ0) is 11.1. The van der Waals surface area contributed by atoms with Gasteiger partial charge in [0.2, 0.25) is 0 Å². The van der Waals surface area contributed by atoms with E-state index in [9.17, 15) is 0 Å². The van der Waals surface area contributed by atoms with Crippen molar-refractivity contribution in [2.24, 2.45) is 11.8 Å². The molecule has 2 nitrogen and oxygen atoms in total. The molecule has 0 aliphatic heterocycles. The lowest BCUT2D eigenvalue weighted by Crippen LogP contribution is -2.34. The average Bonchev–Trinajstić information content (AvgIpc) is 2.10. The molecule has 0 aliphatic carbocycles. The summed E-state index contributed by atoms with van der Waals surface area (Å²) >= 11 is 4.40. The van der Waals surface area contributed by atoms with Crippen molar-refractivity contribution in [1.82, 2.24) is 9.80 Å². The summed E-state index contributed by atoms with van der Waals surface area (Å²) in [6.07, 6.45) is 0. The first-order chi connectivity index (χ1) is 6.47. The van der Waals surface area contributed by atoms with E-state index in [1.54, 1.807) is 0 Å². The maximum Gasteiger partial charge on any atom is 0.0106 e. The van der Waals surface area contributed by atoms with Crippen molar-refractivity contribution in [3.8, 4) is 0 Å². The van der Waals surface area contributed by atoms with E-state index in [-0.39, 0.29) is 0 Å². The molecule has 1 unspecified atom stereocenters. The highest BCUT2D eigenvalue weighted by Gasteiger charge is 2.13. The van der Waals surface area contributed by atoms with Crippen molar-refractivity contribution in [2.75, 3.05) is 46.5 Å². The van der Waals surface area contributed by atoms with E-state index in [4.69, 9.17) is 0 Å². The Morgan fingerprint density at radius 3 is 2.00 bits per heavy atom. The fourth-order valence-corrected chi connectivity index (χ4v) is 1.88. The van der Waals surface area contributed by atoms with Gasteiger partial charge in [0.05, 0.1) is 0 Å². The van der Waals surface area contributed by atoms with Crippen molar-refractivity contribution in [3.05, 3.63) is 0 Å². The summed E-state index contributed by atoms with van der Waals surface area (Å²) in [6.45, 7) is 7.99. The molecule has 0 amide bonds. The molecule has 0 radical (unpaired) electrons. The molecule has 0 heterocycles. The van der Waals surface area contributed by atoms with Gasteiger partial charge in [-0.3, -0.25) is 0 Å². The largest absolute Gasteiger partial charge is 0.308 e. The first-order valence-electron chi connectivity index (χ1n) is 5.41. The highest BCUT2D eigenvalue weighted by Crippen LogP contribution is 2.13. The number of likely N-dealkylation sites (N-methyl/N-ethyl adjacent to an activating group) is 2. The van der Waals surface area contributed by atoms with Gasteiger partial charge in [0.15, 0.2) is 0 Å². The van der Waals surface area contributed by atoms with Crippen molar-refractivity contribution in [3.63, 3.8) is 0 Å². The van der Waals surface area contributed by atoms with Gasteiger partial charge in [-0.2, -0.15) is 12.6 Å². The third-order valence-electron chi connectivity index (χ3n) is 2.65. The normalized spacial score (nSPS) is 14.4. The van der Waals surface area contributed by atoms with Gasteiger partial charge in [0.25, 0.3) is 0 Å². The Morgan fingerprint density at radius 2 is 1.64 bits per heavy atom. The zero-order valence-corrected chi connectivity index (χ0v) is 11.2. The van der Waals surface area contributed by atoms with Crippen LogP contribution in [-0.4, -0.2) is 56.3 Å². The smallest absolute Gasteiger partial charge is 0.0106 e. The fraction of sp³-hybridized carbons (Fsp3) is 1.00. The SMILES string of the molecule is CC(C)C(CS)CN(C)CCN(C)C. The van der Waals surface area contributed by atoms with Gasteiger partial charge in [0.1, 0.15) is 0 Å². The Bertz CT molecular complexity index is 137. The third-order valence-corrected chi connectivity index (χ3v) is 3.12. The lowest BCUT2D eigenvalue weighted by atomic mass is 9.97. The second-order valence-electron chi connectivity index (χ2n) is 4.75. The van der Waals surface area contributed by atoms with Crippen LogP contribution in [0.1, 0.15) is 13.8 Å². The molecular weight excluding hydrogens is 192 g/mol. The molecule has 0 rings (SSSR count). The minimum Gasteiger partial charge on any atom is -0.308 e. The summed E-state index contributed by atoms with van der Waals surface area (Å²) in [7, 11) is 6.43. The molecule has 1 atom stereocenters. The monoisotopic (exact) mass is 218 g/mol. The quantitative estimate of drug-likeness (QED) is 0.650. The van der Waals surface area contributed by atoms with Crippen LogP contribution in [0.5, 0.6) is 0 Å². The van der Waals surface area contributed by atoms with E-state index in [0.29, 0.717) is 5.92 Å². The first kappa shape index (κ1) is 14.3. The molecule has 0 bridgehead atoms. The molecule has 0 fully saturated rings. The Kier molecular flexibility index (Phi) is 7.69. The fourth-order valence-electron chi connectivity index (χ4n) is 1.34. The van der Waals surface area contributed by atoms with Crippen LogP contribution in [0.4, 0.5) is 0 Å². The van der Waals surface area contributed by atoms with E-state index >= 15 is 0 Å². The topological polar surface area (TPSA) is 6.48 Å². The minimum absolute atomic E-state index is 0.713. The Balaban J connectivity index is 3.73. The summed E-state index contributed by atoms with van der Waals surface area (Å²) in [6, 6.07) is 0. The van der Waals surface area contributed by atoms with E-state index in [1.807, 2.05) is 0 Å². The lowest BCUT2D eigenvalue weighted by Gasteiger charge is -2.26. The van der Waals surface area contributed by atoms with Gasteiger partial charge >= 0.3 is 0 Å². The molecule has 0 aromatic carbocycles. The molecule has 0 spiro atoms. The Hall–Kier alpha value is 0.270. The molecule has 3 heteroatoms. The van der Waals surface area contributed by atoms with Gasteiger partial charge in [-0.15, -0.1) is 0 Å². The van der Waals surface area contributed by atoms with Crippen LogP contribution in [-0.2, 0) is 0 Å². The maximum atomic E-state index is 4.40. The molecule has 86 valence electrons. The standard InChI is InChI=1S/C11H26N2S/c1-10(2)11(9-14)8-13(5)7-6-12(3)4/h10-11,14H,6-9H2,1-5H3. The van der Waals surface area contributed by atoms with Crippen molar-refractivity contribution in [2.45, 2.75) is 13.8 Å². The molecular formula is C11H26N2S. The molecule has 0 aromatic heterocycles. The van der Waals surface area contributed by atoms with E-state index < -0.39 is 0 Å². The molecule has 0 N–H and O–H groups in total. The predicted molar refractivity (Wildman–Crippen MR) is 68.2 cm³/mol. The Labute approximate surface area is 95.1 Å². The zero-order valence-electron chi connectivity index (χ0n) is 10.3. The molecule has 0 saturated heterocycles. The maximum absolute atomic E-state index is 4.40. The molecule has 0 saturated carbocycles. The lowest BCUT2D eigenvalue weighted by molar-refractivity contribution is 0.230. The minimum atomic E-state index is 0.713. The third kappa shape index (κ3) is 6.68. The van der Waals surface area contributed by atoms with Crippen molar-refractivity contribution in [1.29, 1.82) is 0 Å².